The van der Waals surface area contributed by atoms with Crippen molar-refractivity contribution in [3.05, 3.63) is 57.1 Å². The fraction of sp³-hybridized carbons (Fsp3) is 0.375. The van der Waals surface area contributed by atoms with Gasteiger partial charge in [0, 0.05) is 35.2 Å². The summed E-state index contributed by atoms with van der Waals surface area (Å²) in [5.74, 6) is 0.939. The van der Waals surface area contributed by atoms with Gasteiger partial charge in [-0.25, -0.2) is 9.97 Å². The molecule has 20 heavy (non-hydrogen) atoms. The van der Waals surface area contributed by atoms with Crippen molar-refractivity contribution in [1.29, 1.82) is 0 Å². The van der Waals surface area contributed by atoms with Gasteiger partial charge < -0.3 is 5.32 Å². The number of benzene rings is 1. The van der Waals surface area contributed by atoms with Gasteiger partial charge in [0.2, 0.25) is 0 Å². The standard InChI is InChI=1S/C16H18BrN3/c1-2-4-14-13-9-18-10-15(13)20-16(19-14)8-11-5-3-6-12(17)7-11/h3,5-7,18H,2,4,8-10H2,1H3. The maximum Gasteiger partial charge on any atom is 0.133 e. The zero-order valence-corrected chi connectivity index (χ0v) is 13.2. The van der Waals surface area contributed by atoms with Crippen LogP contribution in [0.5, 0.6) is 0 Å². The molecule has 1 aliphatic heterocycles. The first-order valence-corrected chi connectivity index (χ1v) is 7.88. The first-order chi connectivity index (χ1) is 9.76. The Bertz CT molecular complexity index is 625. The third-order valence-electron chi connectivity index (χ3n) is 3.56. The predicted molar refractivity (Wildman–Crippen MR) is 83.5 cm³/mol. The first kappa shape index (κ1) is 13.7. The van der Waals surface area contributed by atoms with Crippen LogP contribution in [-0.4, -0.2) is 9.97 Å². The number of halogens is 1. The Kier molecular flexibility index (Phi) is 4.13. The van der Waals surface area contributed by atoms with E-state index < -0.39 is 0 Å². The van der Waals surface area contributed by atoms with E-state index in [0.29, 0.717) is 0 Å². The van der Waals surface area contributed by atoms with Crippen LogP contribution in [0.1, 0.15) is 41.7 Å². The summed E-state index contributed by atoms with van der Waals surface area (Å²) >= 11 is 3.51. The molecule has 0 bridgehead atoms. The quantitative estimate of drug-likeness (QED) is 0.933. The maximum atomic E-state index is 4.79. The number of nitrogens with one attached hydrogen (secondary N) is 1. The Balaban J connectivity index is 1.92. The summed E-state index contributed by atoms with van der Waals surface area (Å²) in [5, 5.41) is 3.38. The largest absolute Gasteiger partial charge is 0.307 e. The van der Waals surface area contributed by atoms with E-state index in [9.17, 15) is 0 Å². The van der Waals surface area contributed by atoms with Crippen molar-refractivity contribution in [1.82, 2.24) is 15.3 Å². The van der Waals surface area contributed by atoms with Gasteiger partial charge in [0.25, 0.3) is 0 Å². The molecule has 0 fully saturated rings. The highest BCUT2D eigenvalue weighted by Gasteiger charge is 2.18. The zero-order chi connectivity index (χ0) is 13.9. The zero-order valence-electron chi connectivity index (χ0n) is 11.6. The number of hydrogen-bond acceptors (Lipinski definition) is 3. The molecule has 0 aliphatic carbocycles. The number of rotatable bonds is 4. The Labute approximate surface area is 128 Å². The van der Waals surface area contributed by atoms with Crippen LogP contribution in [0.25, 0.3) is 0 Å². The molecule has 0 amide bonds. The fourth-order valence-electron chi connectivity index (χ4n) is 2.65. The minimum Gasteiger partial charge on any atom is -0.307 e. The Hall–Kier alpha value is -1.26. The van der Waals surface area contributed by atoms with Gasteiger partial charge in [-0.05, 0) is 24.1 Å². The highest BCUT2D eigenvalue weighted by molar-refractivity contribution is 9.10. The molecule has 2 aromatic rings. The number of aromatic nitrogens is 2. The number of aryl methyl sites for hydroxylation is 1. The van der Waals surface area contributed by atoms with Crippen molar-refractivity contribution in [3.63, 3.8) is 0 Å². The van der Waals surface area contributed by atoms with Gasteiger partial charge in [0.15, 0.2) is 0 Å². The lowest BCUT2D eigenvalue weighted by Gasteiger charge is -2.09. The lowest BCUT2D eigenvalue weighted by Crippen LogP contribution is -2.06. The first-order valence-electron chi connectivity index (χ1n) is 7.09. The molecule has 3 rings (SSSR count). The van der Waals surface area contributed by atoms with E-state index in [1.165, 1.54) is 22.5 Å². The normalized spacial score (nSPS) is 13.5. The topological polar surface area (TPSA) is 37.8 Å². The SMILES string of the molecule is CCCc1nc(Cc2cccc(Br)c2)nc2c1CNC2. The van der Waals surface area contributed by atoms with Gasteiger partial charge in [0.1, 0.15) is 5.82 Å². The molecular weight excluding hydrogens is 314 g/mol. The summed E-state index contributed by atoms with van der Waals surface area (Å²) in [6, 6.07) is 8.36. The summed E-state index contributed by atoms with van der Waals surface area (Å²) in [7, 11) is 0. The van der Waals surface area contributed by atoms with Crippen LogP contribution in [0.15, 0.2) is 28.7 Å². The number of nitrogens with zero attached hydrogens (tertiary/aromatic N) is 2. The van der Waals surface area contributed by atoms with Gasteiger partial charge in [-0.2, -0.15) is 0 Å². The molecule has 0 saturated carbocycles. The van der Waals surface area contributed by atoms with Gasteiger partial charge in [-0.3, -0.25) is 0 Å². The molecule has 1 aromatic carbocycles. The third kappa shape index (κ3) is 2.91. The highest BCUT2D eigenvalue weighted by Crippen LogP contribution is 2.20. The van der Waals surface area contributed by atoms with Crippen LogP contribution in [0.2, 0.25) is 0 Å². The Morgan fingerprint density at radius 1 is 1.25 bits per heavy atom. The minimum absolute atomic E-state index is 0.795. The van der Waals surface area contributed by atoms with Crippen molar-refractivity contribution in [2.75, 3.05) is 0 Å². The van der Waals surface area contributed by atoms with Crippen molar-refractivity contribution >= 4 is 15.9 Å². The molecule has 0 radical (unpaired) electrons. The average Bonchev–Trinajstić information content (AvgIpc) is 2.87. The van der Waals surface area contributed by atoms with E-state index in [4.69, 9.17) is 9.97 Å². The summed E-state index contributed by atoms with van der Waals surface area (Å²) in [6.07, 6.45) is 2.96. The maximum absolute atomic E-state index is 4.79. The fourth-order valence-corrected chi connectivity index (χ4v) is 3.09. The van der Waals surface area contributed by atoms with Crippen LogP contribution in [-0.2, 0) is 25.9 Å². The van der Waals surface area contributed by atoms with E-state index in [-0.39, 0.29) is 0 Å². The smallest absolute Gasteiger partial charge is 0.133 e. The Morgan fingerprint density at radius 2 is 2.15 bits per heavy atom. The third-order valence-corrected chi connectivity index (χ3v) is 4.05. The second kappa shape index (κ2) is 6.02. The van der Waals surface area contributed by atoms with Crippen LogP contribution in [0.4, 0.5) is 0 Å². The molecule has 3 nitrogen and oxygen atoms in total. The van der Waals surface area contributed by atoms with Crippen LogP contribution in [0, 0.1) is 0 Å². The van der Waals surface area contributed by atoms with E-state index in [0.717, 1.165) is 42.6 Å². The number of fused-ring (bicyclic) bond motifs is 1. The highest BCUT2D eigenvalue weighted by atomic mass is 79.9. The van der Waals surface area contributed by atoms with Crippen molar-refractivity contribution < 1.29 is 0 Å². The number of hydrogen-bond donors (Lipinski definition) is 1. The van der Waals surface area contributed by atoms with Crippen LogP contribution < -0.4 is 5.32 Å². The van der Waals surface area contributed by atoms with Crippen molar-refractivity contribution in [3.8, 4) is 0 Å². The molecule has 0 unspecified atom stereocenters. The van der Waals surface area contributed by atoms with Crippen molar-refractivity contribution in [2.45, 2.75) is 39.3 Å². The molecule has 1 aromatic heterocycles. The molecule has 1 aliphatic rings. The van der Waals surface area contributed by atoms with E-state index >= 15 is 0 Å². The summed E-state index contributed by atoms with van der Waals surface area (Å²) in [6.45, 7) is 3.99. The molecule has 104 valence electrons. The van der Waals surface area contributed by atoms with Gasteiger partial charge >= 0.3 is 0 Å². The summed E-state index contributed by atoms with van der Waals surface area (Å²) < 4.78 is 1.10. The lowest BCUT2D eigenvalue weighted by atomic mass is 10.1. The van der Waals surface area contributed by atoms with Crippen LogP contribution in [0.3, 0.4) is 0 Å². The second-order valence-electron chi connectivity index (χ2n) is 5.17. The van der Waals surface area contributed by atoms with E-state index in [1.54, 1.807) is 0 Å². The lowest BCUT2D eigenvalue weighted by molar-refractivity contribution is 0.753. The summed E-state index contributed by atoms with van der Waals surface area (Å²) in [5.41, 5.74) is 4.98. The molecule has 0 saturated heterocycles. The predicted octanol–water partition coefficient (Wildman–Crippen LogP) is 3.39. The Morgan fingerprint density at radius 3 is 2.95 bits per heavy atom. The molecule has 4 heteroatoms. The molecule has 2 heterocycles. The van der Waals surface area contributed by atoms with Crippen molar-refractivity contribution in [2.24, 2.45) is 0 Å². The van der Waals surface area contributed by atoms with Gasteiger partial charge in [0.05, 0.1) is 5.69 Å². The van der Waals surface area contributed by atoms with Crippen LogP contribution >= 0.6 is 15.9 Å². The molecule has 1 N–H and O–H groups in total. The second-order valence-corrected chi connectivity index (χ2v) is 6.09. The monoisotopic (exact) mass is 331 g/mol. The molecular formula is C16H18BrN3. The minimum atomic E-state index is 0.795. The molecule has 0 atom stereocenters. The van der Waals surface area contributed by atoms with E-state index in [1.807, 2.05) is 6.07 Å². The van der Waals surface area contributed by atoms with Gasteiger partial charge in [-0.1, -0.05) is 41.4 Å². The van der Waals surface area contributed by atoms with Gasteiger partial charge in [-0.15, -0.1) is 0 Å². The van der Waals surface area contributed by atoms with E-state index in [2.05, 4.69) is 46.4 Å². The summed E-state index contributed by atoms with van der Waals surface area (Å²) in [4.78, 5) is 9.52. The molecule has 0 spiro atoms. The average molecular weight is 332 g/mol.